The average Bonchev–Trinajstić information content (AvgIpc) is 3.06. The molecule has 5 nitrogen and oxygen atoms in total. The molecule has 1 aromatic heterocycles. The van der Waals surface area contributed by atoms with Gasteiger partial charge in [0.2, 0.25) is 0 Å². The molecule has 1 fully saturated rings. The van der Waals surface area contributed by atoms with E-state index in [2.05, 4.69) is 23.2 Å². The van der Waals surface area contributed by atoms with Crippen LogP contribution in [-0.2, 0) is 4.74 Å². The minimum absolute atomic E-state index is 0.109. The fraction of sp³-hybridized carbons (Fsp3) is 0.273. The lowest BCUT2D eigenvalue weighted by molar-refractivity contribution is 0.0306. The van der Waals surface area contributed by atoms with Gasteiger partial charge in [-0.05, 0) is 47.2 Å². The third-order valence-corrected chi connectivity index (χ3v) is 6.36. The first-order valence-electron chi connectivity index (χ1n) is 9.30. The largest absolute Gasteiger partial charge is 0.398 e. The number of rotatable bonds is 3. The molecule has 6 heteroatoms. The maximum atomic E-state index is 13.0. The Morgan fingerprint density at radius 2 is 1.89 bits per heavy atom. The molecule has 4 rings (SSSR count). The van der Waals surface area contributed by atoms with Crippen molar-refractivity contribution in [2.24, 2.45) is 4.99 Å². The van der Waals surface area contributed by atoms with Crippen molar-refractivity contribution >= 4 is 39.2 Å². The van der Waals surface area contributed by atoms with Gasteiger partial charge in [-0.1, -0.05) is 18.2 Å². The molecule has 1 saturated heterocycles. The van der Waals surface area contributed by atoms with E-state index in [-0.39, 0.29) is 5.91 Å². The number of hydrogen-bond acceptors (Lipinski definition) is 5. The molecular weight excluding hydrogens is 370 g/mol. The molecule has 0 radical (unpaired) electrons. The van der Waals surface area contributed by atoms with E-state index in [0.29, 0.717) is 32.0 Å². The number of carbonyl (C=O) groups is 1. The monoisotopic (exact) mass is 393 g/mol. The summed E-state index contributed by atoms with van der Waals surface area (Å²) >= 11 is 1.57. The van der Waals surface area contributed by atoms with Crippen LogP contribution in [0.3, 0.4) is 0 Å². The van der Waals surface area contributed by atoms with Gasteiger partial charge in [0.25, 0.3) is 5.91 Å². The molecule has 1 aliphatic heterocycles. The van der Waals surface area contributed by atoms with Crippen LogP contribution < -0.4 is 5.73 Å². The number of ether oxygens (including phenoxy) is 1. The summed E-state index contributed by atoms with van der Waals surface area (Å²) in [6, 6.07) is 12.3. The highest BCUT2D eigenvalue weighted by atomic mass is 32.1. The van der Waals surface area contributed by atoms with Crippen LogP contribution in [0.5, 0.6) is 0 Å². The molecule has 2 heterocycles. The van der Waals surface area contributed by atoms with Crippen LogP contribution in [-0.4, -0.2) is 50.4 Å². The van der Waals surface area contributed by atoms with E-state index in [1.165, 1.54) is 0 Å². The van der Waals surface area contributed by atoms with Gasteiger partial charge in [-0.15, -0.1) is 11.3 Å². The summed E-state index contributed by atoms with van der Waals surface area (Å²) in [7, 11) is 1.74. The number of hydrogen-bond donors (Lipinski definition) is 1. The van der Waals surface area contributed by atoms with Gasteiger partial charge < -0.3 is 15.4 Å². The standard InChI is InChI=1S/C22H23N3O2S/c1-14-18-5-3-16(15-4-6-19(23)17(11-15)13-24-2)12-20(18)28-21(14)22(26)25-7-9-27-10-8-25/h3-6,11-13H,7-10,23H2,1-2H3. The molecule has 0 unspecified atom stereocenters. The zero-order valence-corrected chi connectivity index (χ0v) is 16.9. The number of morpholine rings is 1. The Labute approximate surface area is 168 Å². The summed E-state index contributed by atoms with van der Waals surface area (Å²) in [5.41, 5.74) is 10.9. The molecule has 3 aromatic rings. The smallest absolute Gasteiger partial charge is 0.264 e. The molecule has 0 atom stereocenters. The summed E-state index contributed by atoms with van der Waals surface area (Å²) in [6.45, 7) is 4.57. The fourth-order valence-electron chi connectivity index (χ4n) is 3.52. The van der Waals surface area contributed by atoms with Gasteiger partial charge in [0.1, 0.15) is 0 Å². The van der Waals surface area contributed by atoms with Gasteiger partial charge in [-0.3, -0.25) is 9.79 Å². The third kappa shape index (κ3) is 3.41. The van der Waals surface area contributed by atoms with Gasteiger partial charge >= 0.3 is 0 Å². The Morgan fingerprint density at radius 3 is 2.64 bits per heavy atom. The Hall–Kier alpha value is -2.70. The quantitative estimate of drug-likeness (QED) is 0.541. The van der Waals surface area contributed by atoms with E-state index < -0.39 is 0 Å². The first kappa shape index (κ1) is 18.7. The van der Waals surface area contributed by atoms with E-state index in [1.807, 2.05) is 30.0 Å². The lowest BCUT2D eigenvalue weighted by atomic mass is 10.0. The van der Waals surface area contributed by atoms with Crippen molar-refractivity contribution < 1.29 is 9.53 Å². The normalized spacial score (nSPS) is 14.9. The highest BCUT2D eigenvalue weighted by molar-refractivity contribution is 7.21. The Morgan fingerprint density at radius 1 is 1.18 bits per heavy atom. The number of nitrogen functional groups attached to an aromatic ring is 1. The van der Waals surface area contributed by atoms with Crippen molar-refractivity contribution in [3.8, 4) is 11.1 Å². The molecule has 0 aliphatic carbocycles. The van der Waals surface area contributed by atoms with Gasteiger partial charge in [0.05, 0.1) is 18.1 Å². The summed E-state index contributed by atoms with van der Waals surface area (Å²) in [4.78, 5) is 19.7. The minimum atomic E-state index is 0.109. The number of aryl methyl sites for hydroxylation is 1. The van der Waals surface area contributed by atoms with Crippen LogP contribution in [0.2, 0.25) is 0 Å². The number of aliphatic imine (C=N–C) groups is 1. The van der Waals surface area contributed by atoms with Crippen LogP contribution in [0.25, 0.3) is 21.2 Å². The second-order valence-electron chi connectivity index (χ2n) is 6.90. The molecular formula is C22H23N3O2S. The van der Waals surface area contributed by atoms with Crippen molar-refractivity contribution in [2.75, 3.05) is 39.1 Å². The van der Waals surface area contributed by atoms with E-state index in [4.69, 9.17) is 10.5 Å². The van der Waals surface area contributed by atoms with Gasteiger partial charge in [-0.25, -0.2) is 0 Å². The summed E-state index contributed by atoms with van der Waals surface area (Å²) in [5.74, 6) is 0.109. The van der Waals surface area contributed by atoms with Crippen molar-refractivity contribution in [1.29, 1.82) is 0 Å². The molecule has 2 aromatic carbocycles. The second kappa shape index (κ2) is 7.73. The maximum Gasteiger partial charge on any atom is 0.264 e. The second-order valence-corrected chi connectivity index (χ2v) is 7.95. The van der Waals surface area contributed by atoms with E-state index in [1.54, 1.807) is 24.6 Å². The predicted molar refractivity (Wildman–Crippen MR) is 117 cm³/mol. The zero-order chi connectivity index (χ0) is 19.7. The van der Waals surface area contributed by atoms with Crippen molar-refractivity contribution in [1.82, 2.24) is 4.90 Å². The molecule has 28 heavy (non-hydrogen) atoms. The fourth-order valence-corrected chi connectivity index (χ4v) is 4.74. The molecule has 1 aliphatic rings. The highest BCUT2D eigenvalue weighted by Gasteiger charge is 2.23. The molecule has 144 valence electrons. The highest BCUT2D eigenvalue weighted by Crippen LogP contribution is 2.35. The van der Waals surface area contributed by atoms with Crippen LogP contribution in [0.15, 0.2) is 41.4 Å². The number of fused-ring (bicyclic) bond motifs is 1. The van der Waals surface area contributed by atoms with Crippen molar-refractivity contribution in [3.63, 3.8) is 0 Å². The lowest BCUT2D eigenvalue weighted by Gasteiger charge is -2.26. The minimum Gasteiger partial charge on any atom is -0.398 e. The Bertz CT molecular complexity index is 1070. The molecule has 2 N–H and O–H groups in total. The maximum absolute atomic E-state index is 13.0. The van der Waals surface area contributed by atoms with Gasteiger partial charge in [0.15, 0.2) is 0 Å². The van der Waals surface area contributed by atoms with Crippen LogP contribution >= 0.6 is 11.3 Å². The number of carbonyl (C=O) groups excluding carboxylic acids is 1. The Kier molecular flexibility index (Phi) is 5.15. The van der Waals surface area contributed by atoms with Gasteiger partial charge in [0, 0.05) is 42.3 Å². The van der Waals surface area contributed by atoms with Crippen LogP contribution in [0.1, 0.15) is 20.8 Å². The first-order chi connectivity index (χ1) is 13.6. The molecule has 0 saturated carbocycles. The average molecular weight is 394 g/mol. The lowest BCUT2D eigenvalue weighted by Crippen LogP contribution is -2.40. The van der Waals surface area contributed by atoms with Crippen molar-refractivity contribution in [3.05, 3.63) is 52.4 Å². The van der Waals surface area contributed by atoms with E-state index >= 15 is 0 Å². The van der Waals surface area contributed by atoms with E-state index in [9.17, 15) is 4.79 Å². The number of nitrogens with zero attached hydrogens (tertiary/aromatic N) is 2. The topological polar surface area (TPSA) is 67.9 Å². The van der Waals surface area contributed by atoms with Crippen molar-refractivity contribution in [2.45, 2.75) is 6.92 Å². The number of thiophene rings is 1. The van der Waals surface area contributed by atoms with Gasteiger partial charge in [-0.2, -0.15) is 0 Å². The summed E-state index contributed by atoms with van der Waals surface area (Å²) in [6.07, 6.45) is 1.77. The number of benzene rings is 2. The van der Waals surface area contributed by atoms with E-state index in [0.717, 1.165) is 37.2 Å². The number of anilines is 1. The summed E-state index contributed by atoms with van der Waals surface area (Å²) < 4.78 is 6.49. The zero-order valence-electron chi connectivity index (χ0n) is 16.1. The first-order valence-corrected chi connectivity index (χ1v) is 10.1. The molecule has 1 amide bonds. The summed E-state index contributed by atoms with van der Waals surface area (Å²) in [5, 5.41) is 1.14. The molecule has 0 spiro atoms. The van der Waals surface area contributed by atoms with Crippen LogP contribution in [0.4, 0.5) is 5.69 Å². The predicted octanol–water partition coefficient (Wildman–Crippen LogP) is 3.98. The number of nitrogens with two attached hydrogens (primary N) is 1. The SMILES string of the molecule is CN=Cc1cc(-c2ccc3c(C)c(C(=O)N4CCOCC4)sc3c2)ccc1N. The third-order valence-electron chi connectivity index (χ3n) is 5.12. The Balaban J connectivity index is 1.72. The number of amides is 1. The van der Waals surface area contributed by atoms with Crippen LogP contribution in [0, 0.1) is 6.92 Å². The molecule has 0 bridgehead atoms.